The van der Waals surface area contributed by atoms with Crippen LogP contribution >= 0.6 is 0 Å². The monoisotopic (exact) mass is 265 g/mol. The lowest BCUT2D eigenvalue weighted by Crippen LogP contribution is -2.22. The van der Waals surface area contributed by atoms with E-state index in [1.165, 1.54) is 30.4 Å². The van der Waals surface area contributed by atoms with E-state index in [1.807, 2.05) is 12.1 Å². The van der Waals surface area contributed by atoms with Crippen LogP contribution in [0.1, 0.15) is 34.7 Å². The van der Waals surface area contributed by atoms with Gasteiger partial charge in [0.1, 0.15) is 12.4 Å². The van der Waals surface area contributed by atoms with Crippen molar-refractivity contribution >= 4 is 0 Å². The molecule has 0 spiro atoms. The number of aryl methyl sites for hydroxylation is 2. The van der Waals surface area contributed by atoms with Crippen molar-refractivity contribution in [2.45, 2.75) is 31.8 Å². The third kappa shape index (κ3) is 2.10. The number of nitrogens with one attached hydrogen (secondary N) is 1. The lowest BCUT2D eigenvalue weighted by Gasteiger charge is -2.12. The van der Waals surface area contributed by atoms with Crippen LogP contribution in [0.3, 0.4) is 0 Å². The topological polar surface area (TPSA) is 21.3 Å². The van der Waals surface area contributed by atoms with Crippen LogP contribution in [-0.2, 0) is 19.4 Å². The summed E-state index contributed by atoms with van der Waals surface area (Å²) < 4.78 is 5.71. The second kappa shape index (κ2) is 4.95. The highest BCUT2D eigenvalue weighted by Crippen LogP contribution is 2.32. The molecule has 0 bridgehead atoms. The van der Waals surface area contributed by atoms with Crippen molar-refractivity contribution in [3.8, 4) is 5.75 Å². The Labute approximate surface area is 119 Å². The second-order valence-corrected chi connectivity index (χ2v) is 5.74. The van der Waals surface area contributed by atoms with Gasteiger partial charge < -0.3 is 10.1 Å². The van der Waals surface area contributed by atoms with Crippen LogP contribution in [0.2, 0.25) is 0 Å². The zero-order valence-corrected chi connectivity index (χ0v) is 11.6. The van der Waals surface area contributed by atoms with Gasteiger partial charge >= 0.3 is 0 Å². The van der Waals surface area contributed by atoms with E-state index >= 15 is 0 Å². The lowest BCUT2D eigenvalue weighted by molar-refractivity contribution is 0.310. The number of hydrogen-bond acceptors (Lipinski definition) is 2. The van der Waals surface area contributed by atoms with E-state index in [-0.39, 0.29) is 0 Å². The van der Waals surface area contributed by atoms with Crippen LogP contribution in [0.25, 0.3) is 0 Å². The van der Waals surface area contributed by atoms with Gasteiger partial charge in [-0.1, -0.05) is 36.4 Å². The van der Waals surface area contributed by atoms with Gasteiger partial charge in [0.15, 0.2) is 0 Å². The molecule has 0 radical (unpaired) electrons. The molecule has 1 aliphatic heterocycles. The molecule has 0 amide bonds. The van der Waals surface area contributed by atoms with Gasteiger partial charge in [-0.05, 0) is 42.0 Å². The van der Waals surface area contributed by atoms with Gasteiger partial charge in [0.2, 0.25) is 0 Å². The van der Waals surface area contributed by atoms with Crippen LogP contribution in [0.15, 0.2) is 42.5 Å². The first kappa shape index (κ1) is 12.0. The summed E-state index contributed by atoms with van der Waals surface area (Å²) in [4.78, 5) is 0. The van der Waals surface area contributed by atoms with Gasteiger partial charge in [-0.2, -0.15) is 0 Å². The minimum absolute atomic E-state index is 0.319. The minimum Gasteiger partial charge on any atom is -0.491 e. The quantitative estimate of drug-likeness (QED) is 0.918. The SMILES string of the molecule is c1ccc2c(c1)OCC2NCc1ccc2c(c1)CCC2. The number of hydrogen-bond donors (Lipinski definition) is 1. The summed E-state index contributed by atoms with van der Waals surface area (Å²) in [5.41, 5.74) is 5.76. The third-order valence-corrected chi connectivity index (χ3v) is 4.42. The van der Waals surface area contributed by atoms with E-state index in [4.69, 9.17) is 4.74 Å². The Morgan fingerprint density at radius 1 is 1.05 bits per heavy atom. The first-order valence-electron chi connectivity index (χ1n) is 7.46. The molecule has 2 aliphatic rings. The highest BCUT2D eigenvalue weighted by Gasteiger charge is 2.22. The molecule has 0 aromatic heterocycles. The highest BCUT2D eigenvalue weighted by molar-refractivity contribution is 5.39. The molecule has 0 fully saturated rings. The van der Waals surface area contributed by atoms with Gasteiger partial charge in [0.25, 0.3) is 0 Å². The van der Waals surface area contributed by atoms with Gasteiger partial charge in [-0.25, -0.2) is 0 Å². The number of rotatable bonds is 3. The Morgan fingerprint density at radius 2 is 1.95 bits per heavy atom. The first-order valence-corrected chi connectivity index (χ1v) is 7.46. The summed E-state index contributed by atoms with van der Waals surface area (Å²) in [5.74, 6) is 1.03. The van der Waals surface area contributed by atoms with Crippen LogP contribution in [0.5, 0.6) is 5.75 Å². The zero-order chi connectivity index (χ0) is 13.4. The summed E-state index contributed by atoms with van der Waals surface area (Å²) in [6.07, 6.45) is 3.82. The third-order valence-electron chi connectivity index (χ3n) is 4.42. The van der Waals surface area contributed by atoms with Gasteiger partial charge in [0.05, 0.1) is 6.04 Å². The predicted molar refractivity (Wildman–Crippen MR) is 80.0 cm³/mol. The molecule has 1 heterocycles. The molecule has 2 heteroatoms. The number of para-hydroxylation sites is 1. The Morgan fingerprint density at radius 3 is 2.95 bits per heavy atom. The largest absolute Gasteiger partial charge is 0.491 e. The Hall–Kier alpha value is -1.80. The molecular weight excluding hydrogens is 246 g/mol. The van der Waals surface area contributed by atoms with Crippen LogP contribution in [0, 0.1) is 0 Å². The lowest BCUT2D eigenvalue weighted by atomic mass is 10.1. The maximum atomic E-state index is 5.71. The number of ether oxygens (including phenoxy) is 1. The molecule has 1 aliphatic carbocycles. The van der Waals surface area contributed by atoms with E-state index in [0.717, 1.165) is 18.9 Å². The fourth-order valence-corrected chi connectivity index (χ4v) is 3.31. The van der Waals surface area contributed by atoms with Gasteiger partial charge in [-0.3, -0.25) is 0 Å². The molecule has 102 valence electrons. The van der Waals surface area contributed by atoms with Gasteiger partial charge in [0, 0.05) is 12.1 Å². The normalized spacial score (nSPS) is 19.5. The Balaban J connectivity index is 1.46. The van der Waals surface area contributed by atoms with Crippen LogP contribution in [0.4, 0.5) is 0 Å². The maximum Gasteiger partial charge on any atom is 0.124 e. The van der Waals surface area contributed by atoms with Crippen molar-refractivity contribution < 1.29 is 4.74 Å². The van der Waals surface area contributed by atoms with Crippen molar-refractivity contribution in [2.24, 2.45) is 0 Å². The fraction of sp³-hybridized carbons (Fsp3) is 0.333. The van der Waals surface area contributed by atoms with E-state index in [1.54, 1.807) is 11.1 Å². The number of benzene rings is 2. The smallest absolute Gasteiger partial charge is 0.124 e. The summed E-state index contributed by atoms with van der Waals surface area (Å²) in [6, 6.07) is 15.6. The van der Waals surface area contributed by atoms with Crippen molar-refractivity contribution in [3.05, 3.63) is 64.7 Å². The molecule has 1 atom stereocenters. The molecule has 1 N–H and O–H groups in total. The zero-order valence-electron chi connectivity index (χ0n) is 11.6. The van der Waals surface area contributed by atoms with E-state index in [0.29, 0.717) is 6.04 Å². The molecule has 4 rings (SSSR count). The van der Waals surface area contributed by atoms with Crippen LogP contribution in [-0.4, -0.2) is 6.61 Å². The summed E-state index contributed by atoms with van der Waals surface area (Å²) >= 11 is 0. The van der Waals surface area contributed by atoms with E-state index in [9.17, 15) is 0 Å². The van der Waals surface area contributed by atoms with E-state index < -0.39 is 0 Å². The predicted octanol–water partition coefficient (Wildman–Crippen LogP) is 3.40. The Kier molecular flexibility index (Phi) is 2.96. The minimum atomic E-state index is 0.319. The Bertz CT molecular complexity index is 635. The van der Waals surface area contributed by atoms with Crippen molar-refractivity contribution in [2.75, 3.05) is 6.61 Å². The molecule has 0 saturated heterocycles. The molecule has 0 saturated carbocycles. The second-order valence-electron chi connectivity index (χ2n) is 5.74. The van der Waals surface area contributed by atoms with Gasteiger partial charge in [-0.15, -0.1) is 0 Å². The average molecular weight is 265 g/mol. The van der Waals surface area contributed by atoms with Crippen molar-refractivity contribution in [1.82, 2.24) is 5.32 Å². The highest BCUT2D eigenvalue weighted by atomic mass is 16.5. The fourth-order valence-electron chi connectivity index (χ4n) is 3.31. The molecule has 1 unspecified atom stereocenters. The maximum absolute atomic E-state index is 5.71. The molecule has 2 aromatic rings. The summed E-state index contributed by atoms with van der Waals surface area (Å²) in [6.45, 7) is 1.65. The molecule has 2 aromatic carbocycles. The first-order chi connectivity index (χ1) is 9.90. The summed E-state index contributed by atoms with van der Waals surface area (Å²) in [5, 5.41) is 3.62. The molecular formula is C18H19NO. The molecule has 2 nitrogen and oxygen atoms in total. The summed E-state index contributed by atoms with van der Waals surface area (Å²) in [7, 11) is 0. The standard InChI is InChI=1S/C18H19NO/c1-2-7-18-16(6-1)17(12-20-18)19-11-13-8-9-14-4-3-5-15(14)10-13/h1-2,6-10,17,19H,3-5,11-12H2. The van der Waals surface area contributed by atoms with E-state index in [2.05, 4.69) is 35.6 Å². The van der Waals surface area contributed by atoms with Crippen LogP contribution < -0.4 is 10.1 Å². The van der Waals surface area contributed by atoms with Crippen molar-refractivity contribution in [1.29, 1.82) is 0 Å². The number of fused-ring (bicyclic) bond motifs is 2. The average Bonchev–Trinajstić information content (AvgIpc) is 3.11. The van der Waals surface area contributed by atoms with Crippen molar-refractivity contribution in [3.63, 3.8) is 0 Å². The molecule has 20 heavy (non-hydrogen) atoms.